The molecule has 98 valence electrons. The maximum atomic E-state index is 4.59. The molecule has 1 N–H and O–H groups in total. The van der Waals surface area contributed by atoms with E-state index in [1.165, 1.54) is 30.5 Å². The number of imidazole rings is 1. The number of unbranched alkanes of at least 4 members (excludes halogenated alkanes) is 2. The van der Waals surface area contributed by atoms with Crippen molar-refractivity contribution in [3.8, 4) is 0 Å². The summed E-state index contributed by atoms with van der Waals surface area (Å²) < 4.78 is 2.12. The van der Waals surface area contributed by atoms with Crippen LogP contribution in [0.5, 0.6) is 0 Å². The van der Waals surface area contributed by atoms with Gasteiger partial charge in [-0.2, -0.15) is 11.8 Å². The van der Waals surface area contributed by atoms with Crippen LogP contribution in [0.3, 0.4) is 0 Å². The molecule has 0 radical (unpaired) electrons. The monoisotopic (exact) mass is 263 g/mol. The fourth-order valence-electron chi connectivity index (χ4n) is 2.05. The first-order valence-electron chi connectivity index (χ1n) is 6.47. The Balaban J connectivity index is 1.86. The second kappa shape index (κ2) is 6.69. The van der Waals surface area contributed by atoms with Crippen LogP contribution in [-0.2, 0) is 7.05 Å². The maximum absolute atomic E-state index is 4.59. The number of anilines is 1. The molecule has 2 rings (SSSR count). The van der Waals surface area contributed by atoms with Gasteiger partial charge in [0.1, 0.15) is 0 Å². The zero-order valence-corrected chi connectivity index (χ0v) is 12.0. The largest absolute Gasteiger partial charge is 0.356 e. The first kappa shape index (κ1) is 13.3. The molecule has 0 aliphatic carbocycles. The number of aromatic nitrogens is 2. The number of nitrogens with one attached hydrogen (secondary N) is 1. The van der Waals surface area contributed by atoms with Crippen molar-refractivity contribution in [3.05, 3.63) is 24.3 Å². The Morgan fingerprint density at radius 2 is 2.06 bits per heavy atom. The zero-order chi connectivity index (χ0) is 12.8. The first-order chi connectivity index (χ1) is 8.83. The van der Waals surface area contributed by atoms with Gasteiger partial charge in [-0.1, -0.05) is 18.6 Å². The molecule has 0 fully saturated rings. The second-order valence-electron chi connectivity index (χ2n) is 4.46. The van der Waals surface area contributed by atoms with Gasteiger partial charge in [-0.15, -0.1) is 0 Å². The van der Waals surface area contributed by atoms with E-state index >= 15 is 0 Å². The minimum atomic E-state index is 0.973. The number of hydrogen-bond acceptors (Lipinski definition) is 3. The highest BCUT2D eigenvalue weighted by atomic mass is 32.2. The molecule has 1 heterocycles. The Bertz CT molecular complexity index is 493. The van der Waals surface area contributed by atoms with Crippen LogP contribution in [0.4, 0.5) is 5.95 Å². The van der Waals surface area contributed by atoms with Crippen LogP contribution in [-0.4, -0.2) is 28.1 Å². The fraction of sp³-hybridized carbons (Fsp3) is 0.500. The number of fused-ring (bicyclic) bond motifs is 1. The van der Waals surface area contributed by atoms with Gasteiger partial charge in [0.2, 0.25) is 5.95 Å². The third-order valence-corrected chi connectivity index (χ3v) is 3.79. The predicted molar refractivity (Wildman–Crippen MR) is 81.4 cm³/mol. The lowest BCUT2D eigenvalue weighted by Gasteiger charge is -2.05. The number of rotatable bonds is 7. The number of nitrogens with zero attached hydrogens (tertiary/aromatic N) is 2. The summed E-state index contributed by atoms with van der Waals surface area (Å²) in [5, 5.41) is 3.42. The Labute approximate surface area is 113 Å². The summed E-state index contributed by atoms with van der Waals surface area (Å²) in [4.78, 5) is 4.59. The molecule has 0 saturated carbocycles. The average molecular weight is 263 g/mol. The molecule has 0 bridgehead atoms. The van der Waals surface area contributed by atoms with E-state index in [1.54, 1.807) is 0 Å². The molecule has 1 aromatic carbocycles. The summed E-state index contributed by atoms with van der Waals surface area (Å²) in [6.45, 7) is 1.01. The van der Waals surface area contributed by atoms with Crippen molar-refractivity contribution in [2.75, 3.05) is 23.9 Å². The Morgan fingerprint density at radius 1 is 1.22 bits per heavy atom. The fourth-order valence-corrected chi connectivity index (χ4v) is 2.54. The number of benzene rings is 1. The first-order valence-corrected chi connectivity index (χ1v) is 7.86. The van der Waals surface area contributed by atoms with Crippen LogP contribution >= 0.6 is 11.8 Å². The van der Waals surface area contributed by atoms with Crippen molar-refractivity contribution in [2.24, 2.45) is 7.05 Å². The summed E-state index contributed by atoms with van der Waals surface area (Å²) in [6.07, 6.45) is 5.98. The van der Waals surface area contributed by atoms with Crippen molar-refractivity contribution < 1.29 is 0 Å². The van der Waals surface area contributed by atoms with E-state index in [2.05, 4.69) is 46.4 Å². The Morgan fingerprint density at radius 3 is 2.83 bits per heavy atom. The third-order valence-electron chi connectivity index (χ3n) is 3.10. The molecule has 0 amide bonds. The quantitative estimate of drug-likeness (QED) is 0.775. The lowest BCUT2D eigenvalue weighted by molar-refractivity contribution is 0.743. The summed E-state index contributed by atoms with van der Waals surface area (Å²) in [6, 6.07) is 8.24. The van der Waals surface area contributed by atoms with E-state index in [-0.39, 0.29) is 0 Å². The van der Waals surface area contributed by atoms with Gasteiger partial charge in [-0.3, -0.25) is 0 Å². The highest BCUT2D eigenvalue weighted by molar-refractivity contribution is 7.98. The van der Waals surface area contributed by atoms with Crippen LogP contribution in [0.2, 0.25) is 0 Å². The van der Waals surface area contributed by atoms with Gasteiger partial charge in [0.25, 0.3) is 0 Å². The highest BCUT2D eigenvalue weighted by Crippen LogP contribution is 2.17. The van der Waals surface area contributed by atoms with E-state index in [0.29, 0.717) is 0 Å². The van der Waals surface area contributed by atoms with Gasteiger partial charge in [0.15, 0.2) is 0 Å². The van der Waals surface area contributed by atoms with Crippen LogP contribution < -0.4 is 5.32 Å². The molecule has 18 heavy (non-hydrogen) atoms. The minimum Gasteiger partial charge on any atom is -0.356 e. The zero-order valence-electron chi connectivity index (χ0n) is 11.1. The number of thioether (sulfide) groups is 1. The van der Waals surface area contributed by atoms with Crippen LogP contribution in [0, 0.1) is 0 Å². The van der Waals surface area contributed by atoms with Gasteiger partial charge in [-0.05, 0) is 37.0 Å². The van der Waals surface area contributed by atoms with E-state index in [9.17, 15) is 0 Å². The third kappa shape index (κ3) is 3.19. The molecule has 0 aliphatic rings. The molecule has 4 heteroatoms. The molecular weight excluding hydrogens is 242 g/mol. The summed E-state index contributed by atoms with van der Waals surface area (Å²) in [5.41, 5.74) is 2.24. The van der Waals surface area contributed by atoms with Crippen molar-refractivity contribution in [1.82, 2.24) is 9.55 Å². The second-order valence-corrected chi connectivity index (χ2v) is 5.45. The Kier molecular flexibility index (Phi) is 4.93. The lowest BCUT2D eigenvalue weighted by Crippen LogP contribution is -2.06. The predicted octanol–water partition coefficient (Wildman–Crippen LogP) is 3.52. The molecule has 1 aromatic heterocycles. The Hall–Kier alpha value is -1.16. The van der Waals surface area contributed by atoms with Crippen LogP contribution in [0.1, 0.15) is 19.3 Å². The van der Waals surface area contributed by atoms with E-state index in [0.717, 1.165) is 18.0 Å². The van der Waals surface area contributed by atoms with Crippen molar-refractivity contribution >= 4 is 28.7 Å². The van der Waals surface area contributed by atoms with Gasteiger partial charge in [0.05, 0.1) is 11.0 Å². The van der Waals surface area contributed by atoms with E-state index in [4.69, 9.17) is 0 Å². The van der Waals surface area contributed by atoms with Gasteiger partial charge >= 0.3 is 0 Å². The molecule has 0 unspecified atom stereocenters. The normalized spacial score (nSPS) is 11.0. The SMILES string of the molecule is CSCCCCCNc1nc2ccccc2n1C. The van der Waals surface area contributed by atoms with Crippen molar-refractivity contribution in [1.29, 1.82) is 0 Å². The molecular formula is C14H21N3S. The lowest BCUT2D eigenvalue weighted by atomic mass is 10.2. The molecule has 0 spiro atoms. The molecule has 3 nitrogen and oxygen atoms in total. The van der Waals surface area contributed by atoms with Crippen LogP contribution in [0.15, 0.2) is 24.3 Å². The summed E-state index contributed by atoms with van der Waals surface area (Å²) >= 11 is 1.92. The van der Waals surface area contributed by atoms with Gasteiger partial charge < -0.3 is 9.88 Å². The van der Waals surface area contributed by atoms with Gasteiger partial charge in [0, 0.05) is 13.6 Å². The minimum absolute atomic E-state index is 0.973. The van der Waals surface area contributed by atoms with E-state index < -0.39 is 0 Å². The highest BCUT2D eigenvalue weighted by Gasteiger charge is 2.05. The maximum Gasteiger partial charge on any atom is 0.203 e. The average Bonchev–Trinajstić information content (AvgIpc) is 2.71. The topological polar surface area (TPSA) is 29.9 Å². The van der Waals surface area contributed by atoms with E-state index in [1.807, 2.05) is 17.8 Å². The van der Waals surface area contributed by atoms with Crippen molar-refractivity contribution in [3.63, 3.8) is 0 Å². The summed E-state index contributed by atoms with van der Waals surface area (Å²) in [5.74, 6) is 2.24. The van der Waals surface area contributed by atoms with Crippen LogP contribution in [0.25, 0.3) is 11.0 Å². The number of para-hydroxylation sites is 2. The molecule has 0 saturated heterocycles. The molecule has 0 atom stereocenters. The van der Waals surface area contributed by atoms with Gasteiger partial charge in [-0.25, -0.2) is 4.98 Å². The molecule has 0 aliphatic heterocycles. The summed E-state index contributed by atoms with van der Waals surface area (Å²) in [7, 11) is 2.06. The molecule has 2 aromatic rings. The number of hydrogen-bond donors (Lipinski definition) is 1. The standard InChI is InChI=1S/C14H21N3S/c1-17-13-9-5-4-8-12(13)16-14(17)15-10-6-3-7-11-18-2/h4-5,8-9H,3,6-7,10-11H2,1-2H3,(H,15,16). The smallest absolute Gasteiger partial charge is 0.203 e. The van der Waals surface area contributed by atoms with Crippen molar-refractivity contribution in [2.45, 2.75) is 19.3 Å². The number of aryl methyl sites for hydroxylation is 1.